The van der Waals surface area contributed by atoms with Gasteiger partial charge in [-0.1, -0.05) is 29.8 Å². The summed E-state index contributed by atoms with van der Waals surface area (Å²) in [5, 5.41) is 12.4. The Balaban J connectivity index is 1.84. The van der Waals surface area contributed by atoms with Crippen molar-refractivity contribution < 1.29 is 9.90 Å². The number of aliphatic hydroxyl groups excluding tert-OH is 1. The summed E-state index contributed by atoms with van der Waals surface area (Å²) in [4.78, 5) is 11.8. The second-order valence-corrected chi connectivity index (χ2v) is 5.26. The smallest absolute Gasteiger partial charge is 0.244 e. The molecule has 0 unspecified atom stereocenters. The lowest BCUT2D eigenvalue weighted by Gasteiger charge is -2.25. The third kappa shape index (κ3) is 4.52. The highest BCUT2D eigenvalue weighted by atomic mass is 16.3. The predicted molar refractivity (Wildman–Crippen MR) is 76.6 cm³/mol. The second-order valence-electron chi connectivity index (χ2n) is 5.26. The first-order chi connectivity index (χ1) is 9.13. The fourth-order valence-corrected chi connectivity index (χ4v) is 2.42. The first kappa shape index (κ1) is 13.8. The van der Waals surface area contributed by atoms with E-state index in [0.29, 0.717) is 0 Å². The molecule has 19 heavy (non-hydrogen) atoms. The minimum atomic E-state index is -0.184. The first-order valence-electron chi connectivity index (χ1n) is 6.87. The molecule has 3 nitrogen and oxygen atoms in total. The molecule has 0 aliphatic heterocycles. The average molecular weight is 259 g/mol. The number of aryl methyl sites for hydroxylation is 1. The van der Waals surface area contributed by atoms with Crippen LogP contribution in [0.1, 0.15) is 36.8 Å². The number of carbonyl (C=O) groups is 1. The van der Waals surface area contributed by atoms with Crippen molar-refractivity contribution in [3.63, 3.8) is 0 Å². The molecule has 1 saturated carbocycles. The highest BCUT2D eigenvalue weighted by Crippen LogP contribution is 2.18. The molecule has 0 atom stereocenters. The van der Waals surface area contributed by atoms with Gasteiger partial charge in [-0.2, -0.15) is 0 Å². The summed E-state index contributed by atoms with van der Waals surface area (Å²) in [6, 6.07) is 8.24. The maximum atomic E-state index is 11.8. The Morgan fingerprint density at radius 3 is 2.74 bits per heavy atom. The summed E-state index contributed by atoms with van der Waals surface area (Å²) < 4.78 is 0. The van der Waals surface area contributed by atoms with Gasteiger partial charge in [0.1, 0.15) is 0 Å². The lowest BCUT2D eigenvalue weighted by molar-refractivity contribution is -0.117. The van der Waals surface area contributed by atoms with Crippen molar-refractivity contribution in [1.29, 1.82) is 0 Å². The Kier molecular flexibility index (Phi) is 4.74. The Morgan fingerprint density at radius 1 is 1.32 bits per heavy atom. The molecule has 0 aromatic heterocycles. The van der Waals surface area contributed by atoms with Gasteiger partial charge in [-0.15, -0.1) is 0 Å². The summed E-state index contributed by atoms with van der Waals surface area (Å²) in [5.41, 5.74) is 2.22. The van der Waals surface area contributed by atoms with E-state index in [2.05, 4.69) is 5.32 Å². The minimum absolute atomic E-state index is 0.0529. The molecule has 2 rings (SSSR count). The molecule has 2 N–H and O–H groups in total. The number of hydrogen-bond donors (Lipinski definition) is 2. The van der Waals surface area contributed by atoms with E-state index in [-0.39, 0.29) is 18.1 Å². The standard InChI is InChI=1S/C16H21NO2/c1-12-3-2-4-13(11-12)5-10-16(19)17-14-6-8-15(18)9-7-14/h2-5,10-11,14-15,18H,6-9H2,1H3,(H,17,19). The van der Waals surface area contributed by atoms with Gasteiger partial charge in [0.05, 0.1) is 6.10 Å². The van der Waals surface area contributed by atoms with Gasteiger partial charge in [-0.3, -0.25) is 4.79 Å². The van der Waals surface area contributed by atoms with Crippen LogP contribution < -0.4 is 5.32 Å². The molecule has 1 aromatic carbocycles. The largest absolute Gasteiger partial charge is 0.393 e. The molecule has 1 aromatic rings. The Labute approximate surface area is 114 Å². The average Bonchev–Trinajstić information content (AvgIpc) is 2.39. The van der Waals surface area contributed by atoms with Gasteiger partial charge in [-0.25, -0.2) is 0 Å². The molecule has 3 heteroatoms. The maximum Gasteiger partial charge on any atom is 0.244 e. The van der Waals surface area contributed by atoms with E-state index in [0.717, 1.165) is 31.2 Å². The van der Waals surface area contributed by atoms with E-state index in [1.54, 1.807) is 6.08 Å². The highest BCUT2D eigenvalue weighted by Gasteiger charge is 2.19. The Morgan fingerprint density at radius 2 is 2.05 bits per heavy atom. The third-order valence-electron chi connectivity index (χ3n) is 3.51. The van der Waals surface area contributed by atoms with Crippen LogP contribution in [-0.4, -0.2) is 23.2 Å². The number of aliphatic hydroxyl groups is 1. The van der Waals surface area contributed by atoms with Gasteiger partial charge < -0.3 is 10.4 Å². The van der Waals surface area contributed by atoms with E-state index in [4.69, 9.17) is 0 Å². The van der Waals surface area contributed by atoms with Crippen LogP contribution in [0.2, 0.25) is 0 Å². The molecule has 0 spiro atoms. The fraction of sp³-hybridized carbons (Fsp3) is 0.438. The summed E-state index contributed by atoms with van der Waals surface area (Å²) in [6.45, 7) is 2.03. The SMILES string of the molecule is Cc1cccc(C=CC(=O)NC2CCC(O)CC2)c1. The van der Waals surface area contributed by atoms with Crippen molar-refractivity contribution in [2.45, 2.75) is 44.8 Å². The van der Waals surface area contributed by atoms with Crippen LogP contribution >= 0.6 is 0 Å². The second kappa shape index (κ2) is 6.53. The van der Waals surface area contributed by atoms with E-state index < -0.39 is 0 Å². The lowest BCUT2D eigenvalue weighted by atomic mass is 9.93. The first-order valence-corrected chi connectivity index (χ1v) is 6.87. The fourth-order valence-electron chi connectivity index (χ4n) is 2.42. The van der Waals surface area contributed by atoms with E-state index in [9.17, 15) is 9.90 Å². The summed E-state index contributed by atoms with van der Waals surface area (Å²) in [7, 11) is 0. The zero-order chi connectivity index (χ0) is 13.7. The zero-order valence-corrected chi connectivity index (χ0v) is 11.3. The van der Waals surface area contributed by atoms with Crippen LogP contribution in [0.3, 0.4) is 0 Å². The molecule has 1 fully saturated rings. The van der Waals surface area contributed by atoms with E-state index >= 15 is 0 Å². The van der Waals surface area contributed by atoms with Crippen LogP contribution in [-0.2, 0) is 4.79 Å². The van der Waals surface area contributed by atoms with E-state index in [1.165, 1.54) is 5.56 Å². The van der Waals surface area contributed by atoms with Crippen molar-refractivity contribution >= 4 is 12.0 Å². The molecular weight excluding hydrogens is 238 g/mol. The van der Waals surface area contributed by atoms with Gasteiger partial charge in [0, 0.05) is 12.1 Å². The summed E-state index contributed by atoms with van der Waals surface area (Å²) in [5.74, 6) is -0.0529. The van der Waals surface area contributed by atoms with Crippen LogP contribution in [0.4, 0.5) is 0 Å². The molecule has 1 aliphatic rings. The number of carbonyl (C=O) groups excluding carboxylic acids is 1. The predicted octanol–water partition coefficient (Wildman–Crippen LogP) is 2.43. The number of nitrogens with one attached hydrogen (secondary N) is 1. The highest BCUT2D eigenvalue weighted by molar-refractivity contribution is 5.91. The van der Waals surface area contributed by atoms with Gasteiger partial charge in [0.15, 0.2) is 0 Å². The molecule has 1 amide bonds. The van der Waals surface area contributed by atoms with Crippen LogP contribution in [0, 0.1) is 6.92 Å². The Bertz CT molecular complexity index is 460. The zero-order valence-electron chi connectivity index (χ0n) is 11.3. The van der Waals surface area contributed by atoms with Crippen molar-refractivity contribution in [2.75, 3.05) is 0 Å². The van der Waals surface area contributed by atoms with Crippen molar-refractivity contribution in [2.24, 2.45) is 0 Å². The monoisotopic (exact) mass is 259 g/mol. The topological polar surface area (TPSA) is 49.3 Å². The molecule has 1 aliphatic carbocycles. The summed E-state index contributed by atoms with van der Waals surface area (Å²) >= 11 is 0. The normalized spacial score (nSPS) is 23.5. The molecular formula is C16H21NO2. The Hall–Kier alpha value is -1.61. The number of hydrogen-bond acceptors (Lipinski definition) is 2. The van der Waals surface area contributed by atoms with Crippen LogP contribution in [0.5, 0.6) is 0 Å². The molecule has 0 radical (unpaired) electrons. The molecule has 0 bridgehead atoms. The van der Waals surface area contributed by atoms with E-state index in [1.807, 2.05) is 37.3 Å². The molecule has 0 heterocycles. The number of amides is 1. The summed E-state index contributed by atoms with van der Waals surface area (Å²) in [6.07, 6.45) is 6.53. The quantitative estimate of drug-likeness (QED) is 0.819. The van der Waals surface area contributed by atoms with Crippen molar-refractivity contribution in [3.05, 3.63) is 41.5 Å². The van der Waals surface area contributed by atoms with Gasteiger partial charge in [0.2, 0.25) is 5.91 Å². The minimum Gasteiger partial charge on any atom is -0.393 e. The van der Waals surface area contributed by atoms with Crippen molar-refractivity contribution in [3.8, 4) is 0 Å². The number of benzene rings is 1. The number of rotatable bonds is 3. The maximum absolute atomic E-state index is 11.8. The lowest BCUT2D eigenvalue weighted by Crippen LogP contribution is -2.37. The van der Waals surface area contributed by atoms with Gasteiger partial charge >= 0.3 is 0 Å². The molecule has 0 saturated heterocycles. The van der Waals surface area contributed by atoms with Crippen molar-refractivity contribution in [1.82, 2.24) is 5.32 Å². The molecule has 102 valence electrons. The van der Waals surface area contributed by atoms with Gasteiger partial charge in [0.25, 0.3) is 0 Å². The van der Waals surface area contributed by atoms with Crippen LogP contribution in [0.25, 0.3) is 6.08 Å². The van der Waals surface area contributed by atoms with Gasteiger partial charge in [-0.05, 0) is 44.2 Å². The van der Waals surface area contributed by atoms with Crippen LogP contribution in [0.15, 0.2) is 30.3 Å². The third-order valence-corrected chi connectivity index (χ3v) is 3.51.